The summed E-state index contributed by atoms with van der Waals surface area (Å²) < 4.78 is 0. The molecule has 0 fully saturated rings. The zero-order chi connectivity index (χ0) is 11.3. The molecule has 0 spiro atoms. The normalized spacial score (nSPS) is 14.6. The Morgan fingerprint density at radius 1 is 1.73 bits per heavy atom. The van der Waals surface area contributed by atoms with Crippen LogP contribution in [0.1, 0.15) is 26.1 Å². The predicted molar refractivity (Wildman–Crippen MR) is 57.9 cm³/mol. The summed E-state index contributed by atoms with van der Waals surface area (Å²) in [6.45, 7) is 4.39. The molecule has 0 aliphatic rings. The SMILES string of the molecule is CC[C@H](C)[C@H](N)C(=O)NCc1ncc[nH]1. The third-order valence-electron chi connectivity index (χ3n) is 2.54. The summed E-state index contributed by atoms with van der Waals surface area (Å²) in [6, 6.07) is -0.440. The molecular formula is C10H18N4O. The predicted octanol–water partition coefficient (Wildman–Crippen LogP) is 0.399. The van der Waals surface area contributed by atoms with E-state index in [-0.39, 0.29) is 11.8 Å². The van der Waals surface area contributed by atoms with E-state index >= 15 is 0 Å². The van der Waals surface area contributed by atoms with Crippen LogP contribution in [-0.4, -0.2) is 21.9 Å². The lowest BCUT2D eigenvalue weighted by atomic mass is 9.99. The molecule has 5 heteroatoms. The summed E-state index contributed by atoms with van der Waals surface area (Å²) in [7, 11) is 0. The molecule has 5 nitrogen and oxygen atoms in total. The maximum absolute atomic E-state index is 11.6. The molecule has 0 bridgehead atoms. The molecule has 0 radical (unpaired) electrons. The van der Waals surface area contributed by atoms with Crippen LogP contribution in [-0.2, 0) is 11.3 Å². The summed E-state index contributed by atoms with van der Waals surface area (Å²) in [6.07, 6.45) is 4.27. The number of hydrogen-bond donors (Lipinski definition) is 3. The first-order valence-corrected chi connectivity index (χ1v) is 5.16. The van der Waals surface area contributed by atoms with E-state index in [0.29, 0.717) is 6.54 Å². The Labute approximate surface area is 89.5 Å². The monoisotopic (exact) mass is 210 g/mol. The first-order valence-electron chi connectivity index (χ1n) is 5.16. The highest BCUT2D eigenvalue weighted by Gasteiger charge is 2.18. The second-order valence-corrected chi connectivity index (χ2v) is 3.66. The van der Waals surface area contributed by atoms with Crippen LogP contribution in [0, 0.1) is 5.92 Å². The summed E-state index contributed by atoms with van der Waals surface area (Å²) >= 11 is 0. The van der Waals surface area contributed by atoms with Gasteiger partial charge in [-0.3, -0.25) is 4.79 Å². The molecule has 0 saturated heterocycles. The third-order valence-corrected chi connectivity index (χ3v) is 2.54. The van der Waals surface area contributed by atoms with E-state index in [9.17, 15) is 4.79 Å². The van der Waals surface area contributed by atoms with Gasteiger partial charge >= 0.3 is 0 Å². The van der Waals surface area contributed by atoms with Gasteiger partial charge in [0.05, 0.1) is 12.6 Å². The summed E-state index contributed by atoms with van der Waals surface area (Å²) in [5.74, 6) is 0.807. The molecule has 0 aliphatic heterocycles. The lowest BCUT2D eigenvalue weighted by Gasteiger charge is -2.17. The molecule has 1 aromatic rings. The zero-order valence-electron chi connectivity index (χ0n) is 9.16. The largest absolute Gasteiger partial charge is 0.348 e. The third kappa shape index (κ3) is 3.36. The number of amides is 1. The molecule has 2 atom stereocenters. The molecule has 4 N–H and O–H groups in total. The molecule has 0 saturated carbocycles. The van der Waals surface area contributed by atoms with Crippen molar-refractivity contribution in [1.82, 2.24) is 15.3 Å². The van der Waals surface area contributed by atoms with E-state index < -0.39 is 6.04 Å². The average molecular weight is 210 g/mol. The minimum Gasteiger partial charge on any atom is -0.348 e. The number of hydrogen-bond acceptors (Lipinski definition) is 3. The number of carbonyl (C=O) groups is 1. The van der Waals surface area contributed by atoms with Crippen LogP contribution >= 0.6 is 0 Å². The van der Waals surface area contributed by atoms with Gasteiger partial charge in [0, 0.05) is 12.4 Å². The van der Waals surface area contributed by atoms with Crippen LogP contribution in [0.5, 0.6) is 0 Å². The van der Waals surface area contributed by atoms with Gasteiger partial charge in [0.1, 0.15) is 5.82 Å². The van der Waals surface area contributed by atoms with Gasteiger partial charge in [-0.15, -0.1) is 0 Å². The summed E-state index contributed by atoms with van der Waals surface area (Å²) in [5, 5.41) is 2.74. The smallest absolute Gasteiger partial charge is 0.237 e. The maximum Gasteiger partial charge on any atom is 0.237 e. The van der Waals surface area contributed by atoms with Crippen LogP contribution in [0.25, 0.3) is 0 Å². The van der Waals surface area contributed by atoms with Gasteiger partial charge < -0.3 is 16.0 Å². The standard InChI is InChI=1S/C10H18N4O/c1-3-7(2)9(11)10(15)14-6-8-12-4-5-13-8/h4-5,7,9H,3,6,11H2,1-2H3,(H,12,13)(H,14,15)/t7-,9-/m0/s1. The molecule has 0 unspecified atom stereocenters. The first-order chi connectivity index (χ1) is 7.15. The van der Waals surface area contributed by atoms with Crippen molar-refractivity contribution < 1.29 is 4.79 Å². The van der Waals surface area contributed by atoms with Gasteiger partial charge in [0.2, 0.25) is 5.91 Å². The van der Waals surface area contributed by atoms with E-state index in [4.69, 9.17) is 5.73 Å². The minimum atomic E-state index is -0.440. The molecule has 1 amide bonds. The van der Waals surface area contributed by atoms with E-state index in [1.54, 1.807) is 12.4 Å². The summed E-state index contributed by atoms with van der Waals surface area (Å²) in [5.41, 5.74) is 5.77. The number of H-pyrrole nitrogens is 1. The molecule has 1 heterocycles. The highest BCUT2D eigenvalue weighted by molar-refractivity contribution is 5.81. The number of nitrogens with zero attached hydrogens (tertiary/aromatic N) is 1. The van der Waals surface area contributed by atoms with Gasteiger partial charge in [-0.05, 0) is 5.92 Å². The number of rotatable bonds is 5. The van der Waals surface area contributed by atoms with E-state index in [1.807, 2.05) is 13.8 Å². The Morgan fingerprint density at radius 3 is 3.00 bits per heavy atom. The number of nitrogens with one attached hydrogen (secondary N) is 2. The van der Waals surface area contributed by atoms with Gasteiger partial charge in [-0.1, -0.05) is 20.3 Å². The van der Waals surface area contributed by atoms with Crippen molar-refractivity contribution in [2.24, 2.45) is 11.7 Å². The second kappa shape index (κ2) is 5.50. The van der Waals surface area contributed by atoms with Gasteiger partial charge in [-0.2, -0.15) is 0 Å². The Hall–Kier alpha value is -1.36. The van der Waals surface area contributed by atoms with Crippen molar-refractivity contribution in [3.63, 3.8) is 0 Å². The van der Waals surface area contributed by atoms with Crippen molar-refractivity contribution in [3.8, 4) is 0 Å². The van der Waals surface area contributed by atoms with Gasteiger partial charge in [0.15, 0.2) is 0 Å². The zero-order valence-corrected chi connectivity index (χ0v) is 9.16. The molecule has 0 aromatic carbocycles. The van der Waals surface area contributed by atoms with Gasteiger partial charge in [-0.25, -0.2) is 4.98 Å². The molecule has 0 aliphatic carbocycles. The Balaban J connectivity index is 2.36. The number of carbonyl (C=O) groups excluding carboxylic acids is 1. The van der Waals surface area contributed by atoms with Crippen LogP contribution < -0.4 is 11.1 Å². The van der Waals surface area contributed by atoms with Crippen LogP contribution in [0.2, 0.25) is 0 Å². The van der Waals surface area contributed by atoms with Crippen molar-refractivity contribution in [1.29, 1.82) is 0 Å². The van der Waals surface area contributed by atoms with Crippen LogP contribution in [0.4, 0.5) is 0 Å². The molecule has 15 heavy (non-hydrogen) atoms. The van der Waals surface area contributed by atoms with E-state index in [2.05, 4.69) is 15.3 Å². The lowest BCUT2D eigenvalue weighted by Crippen LogP contribution is -2.44. The van der Waals surface area contributed by atoms with Crippen molar-refractivity contribution in [3.05, 3.63) is 18.2 Å². The van der Waals surface area contributed by atoms with E-state index in [1.165, 1.54) is 0 Å². The highest BCUT2D eigenvalue weighted by atomic mass is 16.2. The maximum atomic E-state index is 11.6. The molecule has 1 aromatic heterocycles. The Bertz CT molecular complexity index is 296. The van der Waals surface area contributed by atoms with Crippen molar-refractivity contribution in [2.75, 3.05) is 0 Å². The van der Waals surface area contributed by atoms with E-state index in [0.717, 1.165) is 12.2 Å². The molecular weight excluding hydrogens is 192 g/mol. The van der Waals surface area contributed by atoms with Crippen molar-refractivity contribution in [2.45, 2.75) is 32.9 Å². The fourth-order valence-corrected chi connectivity index (χ4v) is 1.20. The molecule has 84 valence electrons. The summed E-state index contributed by atoms with van der Waals surface area (Å²) in [4.78, 5) is 18.5. The highest BCUT2D eigenvalue weighted by Crippen LogP contribution is 2.05. The second-order valence-electron chi connectivity index (χ2n) is 3.66. The first kappa shape index (κ1) is 11.7. The minimum absolute atomic E-state index is 0.124. The average Bonchev–Trinajstić information content (AvgIpc) is 2.76. The van der Waals surface area contributed by atoms with Crippen LogP contribution in [0.3, 0.4) is 0 Å². The topological polar surface area (TPSA) is 83.8 Å². The number of aromatic amines is 1. The van der Waals surface area contributed by atoms with Gasteiger partial charge in [0.25, 0.3) is 0 Å². The lowest BCUT2D eigenvalue weighted by molar-refractivity contribution is -0.123. The fraction of sp³-hybridized carbons (Fsp3) is 0.600. The fourth-order valence-electron chi connectivity index (χ4n) is 1.20. The van der Waals surface area contributed by atoms with Crippen molar-refractivity contribution >= 4 is 5.91 Å². The quantitative estimate of drug-likeness (QED) is 0.657. The molecule has 1 rings (SSSR count). The number of aromatic nitrogens is 2. The number of imidazole rings is 1. The van der Waals surface area contributed by atoms with Crippen LogP contribution in [0.15, 0.2) is 12.4 Å². The Morgan fingerprint density at radius 2 is 2.47 bits per heavy atom. The Kier molecular flexibility index (Phi) is 4.30. The number of nitrogens with two attached hydrogens (primary N) is 1.